The first kappa shape index (κ1) is 18.2. The van der Waals surface area contributed by atoms with Crippen molar-refractivity contribution < 1.29 is 18.7 Å². The zero-order valence-electron chi connectivity index (χ0n) is 14.5. The first-order valence-electron chi connectivity index (χ1n) is 8.32. The fourth-order valence-corrected chi connectivity index (χ4v) is 3.59. The van der Waals surface area contributed by atoms with Crippen molar-refractivity contribution in [3.8, 4) is 10.6 Å². The quantitative estimate of drug-likeness (QED) is 0.836. The minimum absolute atomic E-state index is 0.200. The van der Waals surface area contributed by atoms with Gasteiger partial charge in [-0.2, -0.15) is 0 Å². The summed E-state index contributed by atoms with van der Waals surface area (Å²) in [5, 5.41) is 12.1. The summed E-state index contributed by atoms with van der Waals surface area (Å²) in [6.45, 7) is 3.91. The minimum atomic E-state index is -0.561. The van der Waals surface area contributed by atoms with E-state index in [1.54, 1.807) is 12.1 Å². The highest BCUT2D eigenvalue weighted by molar-refractivity contribution is 7.14. The van der Waals surface area contributed by atoms with Crippen LogP contribution in [0.3, 0.4) is 0 Å². The molecule has 2 amide bonds. The van der Waals surface area contributed by atoms with Gasteiger partial charge in [0.2, 0.25) is 5.91 Å². The maximum atomic E-state index is 14.6. The molecule has 9 heteroatoms. The van der Waals surface area contributed by atoms with E-state index in [1.807, 2.05) is 6.92 Å². The molecule has 2 heterocycles. The van der Waals surface area contributed by atoms with E-state index in [-0.39, 0.29) is 19.0 Å². The Bertz CT molecular complexity index is 826. The molecule has 1 N–H and O–H groups in total. The van der Waals surface area contributed by atoms with E-state index >= 15 is 0 Å². The van der Waals surface area contributed by atoms with Gasteiger partial charge in [0, 0.05) is 18.9 Å². The molecule has 0 radical (unpaired) electrons. The van der Waals surface area contributed by atoms with Gasteiger partial charge in [-0.15, -0.1) is 10.2 Å². The fraction of sp³-hybridized carbons (Fsp3) is 0.412. The van der Waals surface area contributed by atoms with Crippen LogP contribution in [0.2, 0.25) is 0 Å². The van der Waals surface area contributed by atoms with Gasteiger partial charge in [0.25, 0.3) is 0 Å². The SMILES string of the molecule is CCCc1nnc(-c2ccc(N3CC(CNC(C)=O)OC3=O)cc2F)s1. The highest BCUT2D eigenvalue weighted by Crippen LogP contribution is 2.31. The van der Waals surface area contributed by atoms with E-state index in [0.717, 1.165) is 17.8 Å². The van der Waals surface area contributed by atoms with E-state index in [0.29, 0.717) is 16.3 Å². The molecule has 0 spiro atoms. The smallest absolute Gasteiger partial charge is 0.414 e. The first-order valence-corrected chi connectivity index (χ1v) is 9.14. The molecule has 138 valence electrons. The van der Waals surface area contributed by atoms with Crippen molar-refractivity contribution in [2.45, 2.75) is 32.8 Å². The molecule has 1 atom stereocenters. The van der Waals surface area contributed by atoms with Crippen LogP contribution in [0.15, 0.2) is 18.2 Å². The molecule has 1 aromatic heterocycles. The summed E-state index contributed by atoms with van der Waals surface area (Å²) < 4.78 is 19.8. The normalized spacial score (nSPS) is 16.7. The third kappa shape index (κ3) is 3.98. The largest absolute Gasteiger partial charge is 0.442 e. The summed E-state index contributed by atoms with van der Waals surface area (Å²) in [6.07, 6.45) is 0.738. The zero-order chi connectivity index (χ0) is 18.7. The molecule has 3 rings (SSSR count). The van der Waals surface area contributed by atoms with Gasteiger partial charge in [0.05, 0.1) is 18.8 Å². The number of ether oxygens (including phenoxy) is 1. The van der Waals surface area contributed by atoms with Crippen LogP contribution in [0.4, 0.5) is 14.9 Å². The average Bonchev–Trinajstić information content (AvgIpc) is 3.20. The lowest BCUT2D eigenvalue weighted by atomic mass is 10.2. The number of rotatable bonds is 6. The summed E-state index contributed by atoms with van der Waals surface area (Å²) in [5.41, 5.74) is 0.760. The Balaban J connectivity index is 1.74. The lowest BCUT2D eigenvalue weighted by molar-refractivity contribution is -0.119. The van der Waals surface area contributed by atoms with E-state index in [9.17, 15) is 14.0 Å². The number of anilines is 1. The minimum Gasteiger partial charge on any atom is -0.442 e. The van der Waals surface area contributed by atoms with Gasteiger partial charge in [0.1, 0.15) is 16.9 Å². The standard InChI is InChI=1S/C17H19FN4O3S/c1-3-4-15-20-21-16(26-15)13-6-5-11(7-14(13)18)22-9-12(25-17(22)24)8-19-10(2)23/h5-7,12H,3-4,8-9H2,1-2H3,(H,19,23). The number of nitrogens with one attached hydrogen (secondary N) is 1. The number of aryl methyl sites for hydroxylation is 1. The average molecular weight is 378 g/mol. The van der Waals surface area contributed by atoms with Gasteiger partial charge in [-0.1, -0.05) is 18.3 Å². The van der Waals surface area contributed by atoms with Crippen molar-refractivity contribution in [2.24, 2.45) is 0 Å². The molecule has 1 fully saturated rings. The number of benzene rings is 1. The Morgan fingerprint density at radius 1 is 1.46 bits per heavy atom. The second kappa shape index (κ2) is 7.77. The van der Waals surface area contributed by atoms with Gasteiger partial charge in [-0.25, -0.2) is 9.18 Å². The maximum absolute atomic E-state index is 14.6. The number of carbonyl (C=O) groups is 2. The van der Waals surface area contributed by atoms with Gasteiger partial charge in [0.15, 0.2) is 5.01 Å². The highest BCUT2D eigenvalue weighted by atomic mass is 32.1. The Labute approximate surface area is 154 Å². The number of nitrogens with zero attached hydrogens (tertiary/aromatic N) is 3. The van der Waals surface area contributed by atoms with Gasteiger partial charge in [-0.05, 0) is 24.6 Å². The lowest BCUT2D eigenvalue weighted by Crippen LogP contribution is -2.33. The van der Waals surface area contributed by atoms with E-state index < -0.39 is 18.0 Å². The van der Waals surface area contributed by atoms with Crippen molar-refractivity contribution >= 4 is 29.0 Å². The molecule has 1 aliphatic heterocycles. The van der Waals surface area contributed by atoms with Crippen molar-refractivity contribution in [2.75, 3.05) is 18.0 Å². The molecule has 26 heavy (non-hydrogen) atoms. The molecule has 1 aliphatic rings. The second-order valence-electron chi connectivity index (χ2n) is 5.97. The molecule has 1 saturated heterocycles. The third-order valence-corrected chi connectivity index (χ3v) is 4.89. The van der Waals surface area contributed by atoms with Crippen LogP contribution in [-0.2, 0) is 16.0 Å². The molecule has 0 bridgehead atoms. The molecule has 1 unspecified atom stereocenters. The monoisotopic (exact) mass is 378 g/mol. The topological polar surface area (TPSA) is 84.4 Å². The zero-order valence-corrected chi connectivity index (χ0v) is 15.3. The Hall–Kier alpha value is -2.55. The molecule has 2 aromatic rings. The molecular weight excluding hydrogens is 359 g/mol. The number of amides is 2. The van der Waals surface area contributed by atoms with Crippen molar-refractivity contribution in [3.63, 3.8) is 0 Å². The predicted molar refractivity (Wildman–Crippen MR) is 95.6 cm³/mol. The fourth-order valence-electron chi connectivity index (χ4n) is 2.62. The highest BCUT2D eigenvalue weighted by Gasteiger charge is 2.32. The van der Waals surface area contributed by atoms with Crippen LogP contribution in [0.25, 0.3) is 10.6 Å². The number of hydrogen-bond donors (Lipinski definition) is 1. The van der Waals surface area contributed by atoms with Crippen molar-refractivity contribution in [1.29, 1.82) is 0 Å². The summed E-state index contributed by atoms with van der Waals surface area (Å²) in [6, 6.07) is 4.54. The first-order chi connectivity index (χ1) is 12.5. The van der Waals surface area contributed by atoms with Crippen LogP contribution in [-0.4, -0.2) is 41.4 Å². The number of carbonyl (C=O) groups excluding carboxylic acids is 2. The van der Waals surface area contributed by atoms with Crippen LogP contribution in [0.1, 0.15) is 25.3 Å². The van der Waals surface area contributed by atoms with Crippen LogP contribution in [0.5, 0.6) is 0 Å². The number of aromatic nitrogens is 2. The predicted octanol–water partition coefficient (Wildman–Crippen LogP) is 2.76. The number of halogens is 1. The summed E-state index contributed by atoms with van der Waals surface area (Å²) in [5.74, 6) is -0.672. The lowest BCUT2D eigenvalue weighted by Gasteiger charge is -2.14. The van der Waals surface area contributed by atoms with E-state index in [4.69, 9.17) is 4.74 Å². The van der Waals surface area contributed by atoms with Crippen LogP contribution >= 0.6 is 11.3 Å². The van der Waals surface area contributed by atoms with Crippen molar-refractivity contribution in [1.82, 2.24) is 15.5 Å². The van der Waals surface area contributed by atoms with Crippen LogP contribution in [0, 0.1) is 5.82 Å². The molecule has 0 aliphatic carbocycles. The number of hydrogen-bond acceptors (Lipinski definition) is 6. The molecular formula is C17H19FN4O3S. The summed E-state index contributed by atoms with van der Waals surface area (Å²) >= 11 is 1.37. The van der Waals surface area contributed by atoms with Gasteiger partial charge >= 0.3 is 6.09 Å². The Morgan fingerprint density at radius 3 is 2.96 bits per heavy atom. The van der Waals surface area contributed by atoms with Crippen LogP contribution < -0.4 is 10.2 Å². The third-order valence-electron chi connectivity index (χ3n) is 3.88. The summed E-state index contributed by atoms with van der Waals surface area (Å²) in [4.78, 5) is 24.3. The van der Waals surface area contributed by atoms with Gasteiger partial charge < -0.3 is 10.1 Å². The van der Waals surface area contributed by atoms with Gasteiger partial charge in [-0.3, -0.25) is 9.69 Å². The van der Waals surface area contributed by atoms with E-state index in [1.165, 1.54) is 29.2 Å². The maximum Gasteiger partial charge on any atom is 0.414 e. The van der Waals surface area contributed by atoms with E-state index in [2.05, 4.69) is 15.5 Å². The van der Waals surface area contributed by atoms with Crippen molar-refractivity contribution in [3.05, 3.63) is 29.0 Å². The second-order valence-corrected chi connectivity index (χ2v) is 7.03. The Morgan fingerprint density at radius 2 is 2.27 bits per heavy atom. The summed E-state index contributed by atoms with van der Waals surface area (Å²) in [7, 11) is 0. The molecule has 7 nitrogen and oxygen atoms in total. The molecule has 1 aromatic carbocycles. The number of cyclic esters (lactones) is 1. The molecule has 0 saturated carbocycles. The Kier molecular flexibility index (Phi) is 5.46.